The van der Waals surface area contributed by atoms with Gasteiger partial charge in [0, 0.05) is 27.8 Å². The Morgan fingerprint density at radius 2 is 1.79 bits per heavy atom. The zero-order valence-electron chi connectivity index (χ0n) is 18.3. The third-order valence-electron chi connectivity index (χ3n) is 4.63. The van der Waals surface area contributed by atoms with Crippen molar-refractivity contribution in [3.8, 4) is 5.75 Å². The number of halogens is 2. The number of methoxy groups -OCH3 is 1. The molecule has 0 saturated heterocycles. The number of anilines is 1. The van der Waals surface area contributed by atoms with E-state index < -0.39 is 0 Å². The lowest BCUT2D eigenvalue weighted by molar-refractivity contribution is -0.113. The van der Waals surface area contributed by atoms with E-state index in [0.717, 1.165) is 0 Å². The summed E-state index contributed by atoms with van der Waals surface area (Å²) in [5, 5.41) is 15.6. The summed E-state index contributed by atoms with van der Waals surface area (Å²) in [4.78, 5) is 24.9. The SMILES string of the molecule is CCn1c(SCC(=O)Nc2cc(Cl)cc(Cl)c2)nnc1[C@@H](C)NC(=O)c1ccc(OC)cc1. The molecule has 0 aliphatic rings. The summed E-state index contributed by atoms with van der Waals surface area (Å²) in [6, 6.07) is 11.3. The monoisotopic (exact) mass is 507 g/mol. The molecule has 1 aromatic heterocycles. The fraction of sp³-hybridized carbons (Fsp3) is 0.273. The number of ether oxygens (including phenoxy) is 1. The van der Waals surface area contributed by atoms with Crippen molar-refractivity contribution in [2.45, 2.75) is 31.6 Å². The zero-order valence-corrected chi connectivity index (χ0v) is 20.6. The van der Waals surface area contributed by atoms with Gasteiger partial charge in [-0.15, -0.1) is 10.2 Å². The third-order valence-corrected chi connectivity index (χ3v) is 6.03. The first-order valence-corrected chi connectivity index (χ1v) is 11.8. The van der Waals surface area contributed by atoms with Crippen molar-refractivity contribution in [3.05, 3.63) is 63.9 Å². The van der Waals surface area contributed by atoms with Crippen LogP contribution in [0.15, 0.2) is 47.6 Å². The lowest BCUT2D eigenvalue weighted by Gasteiger charge is -2.15. The van der Waals surface area contributed by atoms with Crippen molar-refractivity contribution in [1.29, 1.82) is 0 Å². The van der Waals surface area contributed by atoms with Crippen LogP contribution in [0, 0.1) is 0 Å². The highest BCUT2D eigenvalue weighted by Crippen LogP contribution is 2.24. The van der Waals surface area contributed by atoms with Gasteiger partial charge in [-0.2, -0.15) is 0 Å². The predicted octanol–water partition coefficient (Wildman–Crippen LogP) is 4.84. The van der Waals surface area contributed by atoms with Crippen molar-refractivity contribution in [2.75, 3.05) is 18.2 Å². The highest BCUT2D eigenvalue weighted by atomic mass is 35.5. The molecule has 0 aliphatic carbocycles. The van der Waals surface area contributed by atoms with Crippen LogP contribution in [0.2, 0.25) is 10.0 Å². The molecule has 0 unspecified atom stereocenters. The van der Waals surface area contributed by atoms with Crippen molar-refractivity contribution >= 4 is 52.5 Å². The van der Waals surface area contributed by atoms with Crippen LogP contribution in [0.4, 0.5) is 5.69 Å². The molecule has 0 fully saturated rings. The maximum absolute atomic E-state index is 12.6. The maximum Gasteiger partial charge on any atom is 0.251 e. The summed E-state index contributed by atoms with van der Waals surface area (Å²) in [5.74, 6) is 0.934. The number of nitrogens with zero attached hydrogens (tertiary/aromatic N) is 3. The second kappa shape index (κ2) is 11.4. The second-order valence-corrected chi connectivity index (χ2v) is 8.82. The number of amides is 2. The highest BCUT2D eigenvalue weighted by molar-refractivity contribution is 7.99. The Balaban J connectivity index is 1.62. The molecule has 2 aromatic carbocycles. The Hall–Kier alpha value is -2.75. The minimum absolute atomic E-state index is 0.120. The normalized spacial score (nSPS) is 11.7. The Morgan fingerprint density at radius 3 is 2.39 bits per heavy atom. The molecule has 2 N–H and O–H groups in total. The molecule has 0 aliphatic heterocycles. The molecule has 0 spiro atoms. The summed E-state index contributed by atoms with van der Waals surface area (Å²) in [5.41, 5.74) is 1.03. The first kappa shape index (κ1) is 24.9. The lowest BCUT2D eigenvalue weighted by Crippen LogP contribution is -2.28. The van der Waals surface area contributed by atoms with Crippen LogP contribution in [0.1, 0.15) is 36.1 Å². The molecule has 2 amide bonds. The number of hydrogen-bond donors (Lipinski definition) is 2. The number of carbonyl (C=O) groups is 2. The summed E-state index contributed by atoms with van der Waals surface area (Å²) in [6.45, 7) is 4.36. The number of rotatable bonds is 9. The molecule has 11 heteroatoms. The fourth-order valence-electron chi connectivity index (χ4n) is 3.06. The van der Waals surface area contributed by atoms with Gasteiger partial charge < -0.3 is 19.9 Å². The average Bonchev–Trinajstić information content (AvgIpc) is 3.20. The van der Waals surface area contributed by atoms with E-state index in [4.69, 9.17) is 27.9 Å². The lowest BCUT2D eigenvalue weighted by atomic mass is 10.2. The fourth-order valence-corrected chi connectivity index (χ4v) is 4.40. The first-order valence-electron chi connectivity index (χ1n) is 10.1. The van der Waals surface area contributed by atoms with Gasteiger partial charge in [-0.1, -0.05) is 35.0 Å². The molecular weight excluding hydrogens is 485 g/mol. The quantitative estimate of drug-likeness (QED) is 0.402. The van der Waals surface area contributed by atoms with Crippen molar-refractivity contribution in [2.24, 2.45) is 0 Å². The minimum atomic E-state index is -0.385. The zero-order chi connectivity index (χ0) is 24.0. The summed E-state index contributed by atoms with van der Waals surface area (Å²) in [7, 11) is 1.57. The molecule has 1 heterocycles. The highest BCUT2D eigenvalue weighted by Gasteiger charge is 2.20. The van der Waals surface area contributed by atoms with E-state index >= 15 is 0 Å². The average molecular weight is 508 g/mol. The van der Waals surface area contributed by atoms with E-state index in [1.807, 2.05) is 18.4 Å². The van der Waals surface area contributed by atoms with Gasteiger partial charge in [0.25, 0.3) is 5.91 Å². The number of benzene rings is 2. The summed E-state index contributed by atoms with van der Waals surface area (Å²) in [6.07, 6.45) is 0. The van der Waals surface area contributed by atoms with Gasteiger partial charge in [0.05, 0.1) is 18.9 Å². The van der Waals surface area contributed by atoms with Gasteiger partial charge in [0.15, 0.2) is 11.0 Å². The largest absolute Gasteiger partial charge is 0.497 e. The Labute approximate surface area is 206 Å². The molecule has 0 saturated carbocycles. The van der Waals surface area contributed by atoms with E-state index in [9.17, 15) is 9.59 Å². The van der Waals surface area contributed by atoms with E-state index in [-0.39, 0.29) is 23.6 Å². The molecule has 1 atom stereocenters. The minimum Gasteiger partial charge on any atom is -0.497 e. The van der Waals surface area contributed by atoms with Crippen LogP contribution in [0.25, 0.3) is 0 Å². The van der Waals surface area contributed by atoms with Crippen LogP contribution >= 0.6 is 35.0 Å². The van der Waals surface area contributed by atoms with Crippen molar-refractivity contribution in [3.63, 3.8) is 0 Å². The Morgan fingerprint density at radius 1 is 1.12 bits per heavy atom. The molecule has 33 heavy (non-hydrogen) atoms. The number of thioether (sulfide) groups is 1. The standard InChI is InChI=1S/C22H23Cl2N5O3S/c1-4-29-20(13(2)25-21(31)14-5-7-18(32-3)8-6-14)27-28-22(29)33-12-19(30)26-17-10-15(23)9-16(24)11-17/h5-11,13H,4,12H2,1-3H3,(H,25,31)(H,26,30)/t13-/m1/s1. The molecule has 8 nitrogen and oxygen atoms in total. The van der Waals surface area contributed by atoms with E-state index in [0.29, 0.717) is 44.6 Å². The second-order valence-electron chi connectivity index (χ2n) is 7.00. The van der Waals surface area contributed by atoms with Crippen LogP contribution in [-0.4, -0.2) is 39.4 Å². The van der Waals surface area contributed by atoms with E-state index in [2.05, 4.69) is 20.8 Å². The van der Waals surface area contributed by atoms with Crippen LogP contribution in [0.5, 0.6) is 5.75 Å². The first-order chi connectivity index (χ1) is 15.8. The van der Waals surface area contributed by atoms with Crippen LogP contribution < -0.4 is 15.4 Å². The van der Waals surface area contributed by atoms with Crippen LogP contribution in [0.3, 0.4) is 0 Å². The summed E-state index contributed by atoms with van der Waals surface area (Å²) >= 11 is 13.2. The number of carbonyl (C=O) groups excluding carboxylic acids is 2. The van der Waals surface area contributed by atoms with Crippen LogP contribution in [-0.2, 0) is 11.3 Å². The predicted molar refractivity (Wildman–Crippen MR) is 130 cm³/mol. The molecule has 3 rings (SSSR count). The third kappa shape index (κ3) is 6.63. The van der Waals surface area contributed by atoms with Gasteiger partial charge in [-0.05, 0) is 56.3 Å². The number of aromatic nitrogens is 3. The van der Waals surface area contributed by atoms with Gasteiger partial charge >= 0.3 is 0 Å². The molecule has 0 radical (unpaired) electrons. The molecular formula is C22H23Cl2N5O3S. The molecule has 3 aromatic rings. The van der Waals surface area contributed by atoms with Crippen molar-refractivity contribution in [1.82, 2.24) is 20.1 Å². The Kier molecular flexibility index (Phi) is 8.60. The topological polar surface area (TPSA) is 98.1 Å². The van der Waals surface area contributed by atoms with Gasteiger partial charge in [-0.3, -0.25) is 9.59 Å². The van der Waals surface area contributed by atoms with Gasteiger partial charge in [0.1, 0.15) is 5.75 Å². The number of hydrogen-bond acceptors (Lipinski definition) is 6. The molecule has 174 valence electrons. The maximum atomic E-state index is 12.6. The van der Waals surface area contributed by atoms with E-state index in [1.54, 1.807) is 49.6 Å². The Bertz CT molecular complexity index is 1120. The van der Waals surface area contributed by atoms with Gasteiger partial charge in [0.2, 0.25) is 5.91 Å². The van der Waals surface area contributed by atoms with Gasteiger partial charge in [-0.25, -0.2) is 0 Å². The summed E-state index contributed by atoms with van der Waals surface area (Å²) < 4.78 is 6.99. The van der Waals surface area contributed by atoms with Crippen molar-refractivity contribution < 1.29 is 14.3 Å². The van der Waals surface area contributed by atoms with E-state index in [1.165, 1.54) is 11.8 Å². The molecule has 0 bridgehead atoms. The smallest absolute Gasteiger partial charge is 0.251 e. The number of nitrogens with one attached hydrogen (secondary N) is 2.